The van der Waals surface area contributed by atoms with Gasteiger partial charge in [-0.1, -0.05) is 35.3 Å². The molecule has 0 aliphatic rings. The molecule has 0 spiro atoms. The molecule has 0 heterocycles. The molecule has 7 heteroatoms. The Balaban J connectivity index is 1.90. The van der Waals surface area contributed by atoms with E-state index in [9.17, 15) is 9.59 Å². The third-order valence-corrected chi connectivity index (χ3v) is 4.49. The lowest BCUT2D eigenvalue weighted by Gasteiger charge is -2.15. The van der Waals surface area contributed by atoms with Crippen LogP contribution in [0.4, 0.5) is 5.69 Å². The molecule has 0 radical (unpaired) electrons. The number of amides is 1. The highest BCUT2D eigenvalue weighted by Gasteiger charge is 2.14. The smallest absolute Gasteiger partial charge is 0.338 e. The fourth-order valence-corrected chi connectivity index (χ4v) is 2.58. The molecule has 1 amide bonds. The fourth-order valence-electron chi connectivity index (χ4n) is 2.27. The van der Waals surface area contributed by atoms with Gasteiger partial charge in [0.2, 0.25) is 0 Å². The number of benzene rings is 2. The lowest BCUT2D eigenvalue weighted by molar-refractivity contribution is -0.124. The SMILES string of the molecule is C[C@@H](NC(=O)COC(=O)c1cccc(N(C)C)c1)c1ccc(Cl)c(Cl)c1. The van der Waals surface area contributed by atoms with E-state index in [4.69, 9.17) is 27.9 Å². The summed E-state index contributed by atoms with van der Waals surface area (Å²) < 4.78 is 5.09. The lowest BCUT2D eigenvalue weighted by Crippen LogP contribution is -2.31. The maximum absolute atomic E-state index is 12.1. The first kappa shape index (κ1) is 20.1. The third kappa shape index (κ3) is 5.38. The molecule has 0 saturated heterocycles. The number of hydrogen-bond donors (Lipinski definition) is 1. The highest BCUT2D eigenvalue weighted by atomic mass is 35.5. The van der Waals surface area contributed by atoms with Gasteiger partial charge in [-0.2, -0.15) is 0 Å². The molecular weight excluding hydrogens is 375 g/mol. The summed E-state index contributed by atoms with van der Waals surface area (Å²) in [6, 6.07) is 11.8. The van der Waals surface area contributed by atoms with Gasteiger partial charge in [0, 0.05) is 19.8 Å². The quantitative estimate of drug-likeness (QED) is 0.749. The summed E-state index contributed by atoms with van der Waals surface area (Å²) >= 11 is 11.9. The van der Waals surface area contributed by atoms with Gasteiger partial charge in [0.1, 0.15) is 0 Å². The fraction of sp³-hybridized carbons (Fsp3) is 0.263. The number of ether oxygens (including phenoxy) is 1. The van der Waals surface area contributed by atoms with Gasteiger partial charge in [-0.25, -0.2) is 4.79 Å². The van der Waals surface area contributed by atoms with Crippen LogP contribution in [-0.2, 0) is 9.53 Å². The van der Waals surface area contributed by atoms with E-state index in [0.29, 0.717) is 15.6 Å². The van der Waals surface area contributed by atoms with Crippen LogP contribution >= 0.6 is 23.2 Å². The summed E-state index contributed by atoms with van der Waals surface area (Å²) in [4.78, 5) is 26.0. The van der Waals surface area contributed by atoms with Crippen LogP contribution in [-0.4, -0.2) is 32.6 Å². The molecule has 1 atom stereocenters. The second-order valence-corrected chi connectivity index (χ2v) is 6.80. The number of hydrogen-bond acceptors (Lipinski definition) is 4. The van der Waals surface area contributed by atoms with E-state index < -0.39 is 11.9 Å². The first-order chi connectivity index (χ1) is 12.3. The van der Waals surface area contributed by atoms with Crippen LogP contribution in [0.15, 0.2) is 42.5 Å². The normalized spacial score (nSPS) is 11.6. The lowest BCUT2D eigenvalue weighted by atomic mass is 10.1. The summed E-state index contributed by atoms with van der Waals surface area (Å²) in [5.41, 5.74) is 2.07. The molecule has 0 aliphatic carbocycles. The molecule has 5 nitrogen and oxygen atoms in total. The van der Waals surface area contributed by atoms with Crippen molar-refractivity contribution in [3.05, 3.63) is 63.6 Å². The topological polar surface area (TPSA) is 58.6 Å². The summed E-state index contributed by atoms with van der Waals surface area (Å²) in [6.07, 6.45) is 0. The summed E-state index contributed by atoms with van der Waals surface area (Å²) in [7, 11) is 3.75. The summed E-state index contributed by atoms with van der Waals surface area (Å²) in [5, 5.41) is 3.61. The molecular formula is C19H20Cl2N2O3. The van der Waals surface area contributed by atoms with Gasteiger partial charge in [0.05, 0.1) is 21.7 Å². The van der Waals surface area contributed by atoms with Gasteiger partial charge < -0.3 is 15.0 Å². The Hall–Kier alpha value is -2.24. The van der Waals surface area contributed by atoms with Crippen LogP contribution in [0.1, 0.15) is 28.9 Å². The molecule has 0 bridgehead atoms. The van der Waals surface area contributed by atoms with Crippen LogP contribution in [0.5, 0.6) is 0 Å². The van der Waals surface area contributed by atoms with E-state index in [-0.39, 0.29) is 12.6 Å². The molecule has 0 saturated carbocycles. The average molecular weight is 395 g/mol. The molecule has 0 fully saturated rings. The number of carbonyl (C=O) groups excluding carboxylic acids is 2. The van der Waals surface area contributed by atoms with E-state index in [1.807, 2.05) is 25.1 Å². The first-order valence-electron chi connectivity index (χ1n) is 7.96. The zero-order chi connectivity index (χ0) is 19.3. The second-order valence-electron chi connectivity index (χ2n) is 5.98. The van der Waals surface area contributed by atoms with Gasteiger partial charge in [-0.05, 0) is 42.8 Å². The molecule has 0 aromatic heterocycles. The van der Waals surface area contributed by atoms with Gasteiger partial charge in [-0.15, -0.1) is 0 Å². The van der Waals surface area contributed by atoms with Crippen molar-refractivity contribution in [3.63, 3.8) is 0 Å². The Morgan fingerprint density at radius 3 is 2.50 bits per heavy atom. The summed E-state index contributed by atoms with van der Waals surface area (Å²) in [6.45, 7) is 1.44. The number of anilines is 1. The van der Waals surface area contributed by atoms with Crippen molar-refractivity contribution in [2.45, 2.75) is 13.0 Å². The van der Waals surface area contributed by atoms with E-state index >= 15 is 0 Å². The van der Waals surface area contributed by atoms with E-state index in [1.54, 1.807) is 43.3 Å². The number of rotatable bonds is 6. The molecule has 0 aliphatic heterocycles. The predicted molar refractivity (Wildman–Crippen MR) is 104 cm³/mol. The standard InChI is InChI=1S/C19H20Cl2N2O3/c1-12(13-7-8-16(20)17(21)10-13)22-18(24)11-26-19(25)14-5-4-6-15(9-14)23(2)3/h4-10,12H,11H2,1-3H3,(H,22,24)/t12-/m1/s1. The Morgan fingerprint density at radius 2 is 1.85 bits per heavy atom. The molecule has 2 aromatic carbocycles. The molecule has 26 heavy (non-hydrogen) atoms. The monoisotopic (exact) mass is 394 g/mol. The number of nitrogens with zero attached hydrogens (tertiary/aromatic N) is 1. The summed E-state index contributed by atoms with van der Waals surface area (Å²) in [5.74, 6) is -0.952. The van der Waals surface area contributed by atoms with Crippen molar-refractivity contribution in [1.82, 2.24) is 5.32 Å². The minimum atomic E-state index is -0.550. The van der Waals surface area contributed by atoms with Crippen molar-refractivity contribution in [3.8, 4) is 0 Å². The largest absolute Gasteiger partial charge is 0.452 e. The molecule has 2 aromatic rings. The second kappa shape index (κ2) is 8.92. The Labute approximate surface area is 162 Å². The number of esters is 1. The Bertz CT molecular complexity index is 809. The maximum atomic E-state index is 12.1. The molecule has 0 unspecified atom stereocenters. The third-order valence-electron chi connectivity index (χ3n) is 3.75. The van der Waals surface area contributed by atoms with Gasteiger partial charge >= 0.3 is 5.97 Å². The highest BCUT2D eigenvalue weighted by molar-refractivity contribution is 6.42. The average Bonchev–Trinajstić information content (AvgIpc) is 2.62. The van der Waals surface area contributed by atoms with Crippen LogP contribution in [0, 0.1) is 0 Å². The first-order valence-corrected chi connectivity index (χ1v) is 8.72. The van der Waals surface area contributed by atoms with E-state index in [0.717, 1.165) is 11.3 Å². The van der Waals surface area contributed by atoms with Gasteiger partial charge in [-0.3, -0.25) is 4.79 Å². The van der Waals surface area contributed by atoms with Crippen molar-refractivity contribution < 1.29 is 14.3 Å². The number of halogens is 2. The number of carbonyl (C=O) groups is 2. The van der Waals surface area contributed by atoms with E-state index in [1.165, 1.54) is 0 Å². The van der Waals surface area contributed by atoms with Crippen molar-refractivity contribution in [2.75, 3.05) is 25.6 Å². The van der Waals surface area contributed by atoms with Gasteiger partial charge in [0.15, 0.2) is 6.61 Å². The molecule has 2 rings (SSSR count). The van der Waals surface area contributed by atoms with E-state index in [2.05, 4.69) is 5.32 Å². The zero-order valence-electron chi connectivity index (χ0n) is 14.8. The van der Waals surface area contributed by atoms with Crippen LogP contribution in [0.2, 0.25) is 10.0 Å². The van der Waals surface area contributed by atoms with Crippen molar-refractivity contribution in [2.24, 2.45) is 0 Å². The minimum absolute atomic E-state index is 0.298. The zero-order valence-corrected chi connectivity index (χ0v) is 16.3. The minimum Gasteiger partial charge on any atom is -0.452 e. The predicted octanol–water partition coefficient (Wildman–Crippen LogP) is 4.09. The van der Waals surface area contributed by atoms with Crippen LogP contribution in [0.25, 0.3) is 0 Å². The van der Waals surface area contributed by atoms with Crippen molar-refractivity contribution >= 4 is 40.8 Å². The van der Waals surface area contributed by atoms with Crippen LogP contribution in [0.3, 0.4) is 0 Å². The number of nitrogens with one attached hydrogen (secondary N) is 1. The Morgan fingerprint density at radius 1 is 1.12 bits per heavy atom. The van der Waals surface area contributed by atoms with Gasteiger partial charge in [0.25, 0.3) is 5.91 Å². The van der Waals surface area contributed by atoms with Crippen LogP contribution < -0.4 is 10.2 Å². The molecule has 1 N–H and O–H groups in total. The maximum Gasteiger partial charge on any atom is 0.338 e. The Kier molecular flexibility index (Phi) is 6.89. The highest BCUT2D eigenvalue weighted by Crippen LogP contribution is 2.25. The molecule has 138 valence electrons. The van der Waals surface area contributed by atoms with Crippen molar-refractivity contribution in [1.29, 1.82) is 0 Å².